The Morgan fingerprint density at radius 1 is 1.08 bits per heavy atom. The van der Waals surface area contributed by atoms with Crippen LogP contribution in [0.4, 0.5) is 0 Å². The van der Waals surface area contributed by atoms with E-state index in [4.69, 9.17) is 4.74 Å². The Morgan fingerprint density at radius 3 is 2.75 bits per heavy atom. The van der Waals surface area contributed by atoms with E-state index in [1.165, 1.54) is 37.8 Å². The van der Waals surface area contributed by atoms with Crippen LogP contribution in [0.15, 0.2) is 10.9 Å². The van der Waals surface area contributed by atoms with Crippen molar-refractivity contribution in [3.63, 3.8) is 0 Å². The van der Waals surface area contributed by atoms with Crippen LogP contribution in [0.5, 0.6) is 0 Å². The van der Waals surface area contributed by atoms with Gasteiger partial charge in [-0.05, 0) is 75.4 Å². The zero-order chi connectivity index (χ0) is 16.4. The van der Waals surface area contributed by atoms with E-state index in [0.717, 1.165) is 63.7 Å². The van der Waals surface area contributed by atoms with Crippen molar-refractivity contribution < 1.29 is 4.74 Å². The van der Waals surface area contributed by atoms with Crippen molar-refractivity contribution >= 4 is 0 Å². The molecule has 2 saturated heterocycles. The number of likely N-dealkylation sites (tertiary alicyclic amines) is 1. The first-order valence-electron chi connectivity index (χ1n) is 9.68. The summed E-state index contributed by atoms with van der Waals surface area (Å²) < 4.78 is 7.34. The van der Waals surface area contributed by atoms with Gasteiger partial charge in [0.05, 0.1) is 12.3 Å². The molecule has 1 aromatic heterocycles. The molecule has 2 fully saturated rings. The second-order valence-corrected chi connectivity index (χ2v) is 7.82. The monoisotopic (exact) mass is 331 g/mol. The van der Waals surface area contributed by atoms with Crippen LogP contribution in [-0.4, -0.2) is 47.5 Å². The number of nitrogens with zero attached hydrogens (tertiary/aromatic N) is 3. The van der Waals surface area contributed by atoms with Crippen LogP contribution < -0.4 is 5.56 Å². The third-order valence-electron chi connectivity index (χ3n) is 5.93. The van der Waals surface area contributed by atoms with Gasteiger partial charge in [0.15, 0.2) is 0 Å². The lowest BCUT2D eigenvalue weighted by Gasteiger charge is -2.35. The molecule has 0 saturated carbocycles. The van der Waals surface area contributed by atoms with Crippen molar-refractivity contribution in [3.05, 3.63) is 27.7 Å². The second-order valence-electron chi connectivity index (χ2n) is 7.82. The Labute approximate surface area is 144 Å². The molecule has 3 heterocycles. The summed E-state index contributed by atoms with van der Waals surface area (Å²) in [5, 5.41) is 4.63. The quantitative estimate of drug-likeness (QED) is 0.845. The number of aromatic nitrogens is 2. The minimum absolute atomic E-state index is 0.0948. The van der Waals surface area contributed by atoms with E-state index in [1.807, 2.05) is 6.07 Å². The van der Waals surface area contributed by atoms with E-state index < -0.39 is 0 Å². The van der Waals surface area contributed by atoms with Gasteiger partial charge in [-0.3, -0.25) is 4.79 Å². The first kappa shape index (κ1) is 16.3. The molecular formula is C19H29N3O2. The van der Waals surface area contributed by atoms with E-state index in [9.17, 15) is 4.79 Å². The maximum Gasteiger partial charge on any atom is 0.267 e. The fourth-order valence-electron chi connectivity index (χ4n) is 4.48. The summed E-state index contributed by atoms with van der Waals surface area (Å²) in [5.41, 5.74) is 2.43. The topological polar surface area (TPSA) is 47.4 Å². The van der Waals surface area contributed by atoms with E-state index in [1.54, 1.807) is 4.68 Å². The lowest BCUT2D eigenvalue weighted by Crippen LogP contribution is -2.40. The average molecular weight is 331 g/mol. The molecular weight excluding hydrogens is 302 g/mol. The zero-order valence-corrected chi connectivity index (χ0v) is 14.6. The van der Waals surface area contributed by atoms with Gasteiger partial charge in [0.2, 0.25) is 0 Å². The number of rotatable bonds is 4. The lowest BCUT2D eigenvalue weighted by molar-refractivity contribution is 0.0319. The molecule has 4 rings (SSSR count). The van der Waals surface area contributed by atoms with Crippen molar-refractivity contribution in [1.82, 2.24) is 14.7 Å². The minimum atomic E-state index is 0.0948. The number of aryl methyl sites for hydroxylation is 2. The smallest absolute Gasteiger partial charge is 0.267 e. The highest BCUT2D eigenvalue weighted by Crippen LogP contribution is 2.22. The normalized spacial score (nSPS) is 25.8. The standard InChI is InChI=1S/C19H29N3O2/c23-19-11-17-4-1-5-18(17)20-22(19)13-15-6-8-21(9-7-15)12-16-3-2-10-24-14-16/h11,15-16H,1-10,12-14H2. The van der Waals surface area contributed by atoms with Crippen LogP contribution in [0.2, 0.25) is 0 Å². The Morgan fingerprint density at radius 2 is 1.96 bits per heavy atom. The summed E-state index contributed by atoms with van der Waals surface area (Å²) in [7, 11) is 0. The highest BCUT2D eigenvalue weighted by molar-refractivity contribution is 5.22. The first-order chi connectivity index (χ1) is 11.8. The van der Waals surface area contributed by atoms with Crippen molar-refractivity contribution in [2.24, 2.45) is 11.8 Å². The van der Waals surface area contributed by atoms with Gasteiger partial charge in [0.25, 0.3) is 5.56 Å². The molecule has 5 heteroatoms. The molecule has 0 amide bonds. The van der Waals surface area contributed by atoms with E-state index in [2.05, 4.69) is 10.00 Å². The van der Waals surface area contributed by atoms with Gasteiger partial charge in [0, 0.05) is 25.8 Å². The molecule has 1 unspecified atom stereocenters. The Hall–Kier alpha value is -1.20. The molecule has 3 aliphatic rings. The molecule has 24 heavy (non-hydrogen) atoms. The van der Waals surface area contributed by atoms with Gasteiger partial charge in [-0.25, -0.2) is 4.68 Å². The molecule has 0 bridgehead atoms. The van der Waals surface area contributed by atoms with Crippen LogP contribution in [0, 0.1) is 11.8 Å². The van der Waals surface area contributed by atoms with Gasteiger partial charge < -0.3 is 9.64 Å². The maximum atomic E-state index is 12.3. The van der Waals surface area contributed by atoms with E-state index >= 15 is 0 Å². The third kappa shape index (κ3) is 3.72. The average Bonchev–Trinajstić information content (AvgIpc) is 3.05. The molecule has 1 atom stereocenters. The minimum Gasteiger partial charge on any atom is -0.381 e. The number of hydrogen-bond acceptors (Lipinski definition) is 4. The fraction of sp³-hybridized carbons (Fsp3) is 0.789. The highest BCUT2D eigenvalue weighted by atomic mass is 16.5. The summed E-state index contributed by atoms with van der Waals surface area (Å²) in [4.78, 5) is 14.8. The number of fused-ring (bicyclic) bond motifs is 1. The second kappa shape index (κ2) is 7.36. The van der Waals surface area contributed by atoms with Gasteiger partial charge in [-0.1, -0.05) is 0 Å². The van der Waals surface area contributed by atoms with Crippen LogP contribution in [0.25, 0.3) is 0 Å². The molecule has 1 aliphatic carbocycles. The number of ether oxygens (including phenoxy) is 1. The fourth-order valence-corrected chi connectivity index (χ4v) is 4.48. The molecule has 132 valence electrons. The molecule has 1 aromatic rings. The van der Waals surface area contributed by atoms with Crippen LogP contribution in [0.3, 0.4) is 0 Å². The third-order valence-corrected chi connectivity index (χ3v) is 5.93. The van der Waals surface area contributed by atoms with Gasteiger partial charge in [-0.15, -0.1) is 0 Å². The Bertz CT molecular complexity index is 614. The molecule has 0 N–H and O–H groups in total. The summed E-state index contributed by atoms with van der Waals surface area (Å²) in [6.07, 6.45) is 8.11. The zero-order valence-electron chi connectivity index (χ0n) is 14.6. The summed E-state index contributed by atoms with van der Waals surface area (Å²) >= 11 is 0. The lowest BCUT2D eigenvalue weighted by atomic mass is 9.94. The predicted molar refractivity (Wildman–Crippen MR) is 93.2 cm³/mol. The van der Waals surface area contributed by atoms with Gasteiger partial charge in [-0.2, -0.15) is 5.10 Å². The van der Waals surface area contributed by atoms with E-state index in [-0.39, 0.29) is 5.56 Å². The largest absolute Gasteiger partial charge is 0.381 e. The van der Waals surface area contributed by atoms with Crippen molar-refractivity contribution in [2.45, 2.75) is 51.5 Å². The summed E-state index contributed by atoms with van der Waals surface area (Å²) in [5.74, 6) is 1.31. The summed E-state index contributed by atoms with van der Waals surface area (Å²) in [6, 6.07) is 1.83. The maximum absolute atomic E-state index is 12.3. The molecule has 0 radical (unpaired) electrons. The molecule has 0 aromatic carbocycles. The predicted octanol–water partition coefficient (Wildman–Crippen LogP) is 1.87. The Kier molecular flexibility index (Phi) is 4.99. The van der Waals surface area contributed by atoms with E-state index in [0.29, 0.717) is 5.92 Å². The van der Waals surface area contributed by atoms with Crippen LogP contribution >= 0.6 is 0 Å². The summed E-state index contributed by atoms with van der Waals surface area (Å²) in [6.45, 7) is 6.17. The molecule has 0 spiro atoms. The van der Waals surface area contributed by atoms with Gasteiger partial charge in [0.1, 0.15) is 0 Å². The van der Waals surface area contributed by atoms with Crippen molar-refractivity contribution in [3.8, 4) is 0 Å². The molecule has 5 nitrogen and oxygen atoms in total. The van der Waals surface area contributed by atoms with Crippen LogP contribution in [0.1, 0.15) is 43.4 Å². The number of hydrogen-bond donors (Lipinski definition) is 0. The molecule has 2 aliphatic heterocycles. The Balaban J connectivity index is 1.29. The SMILES string of the molecule is O=c1cc2c(nn1CC1CCN(CC3CCCOC3)CC1)CCC2. The van der Waals surface area contributed by atoms with Crippen LogP contribution in [-0.2, 0) is 24.1 Å². The first-order valence-corrected chi connectivity index (χ1v) is 9.68. The highest BCUT2D eigenvalue weighted by Gasteiger charge is 2.24. The van der Waals surface area contributed by atoms with Crippen molar-refractivity contribution in [1.29, 1.82) is 0 Å². The number of piperidine rings is 1. The van der Waals surface area contributed by atoms with Gasteiger partial charge >= 0.3 is 0 Å². The van der Waals surface area contributed by atoms with Crippen molar-refractivity contribution in [2.75, 3.05) is 32.8 Å².